The molecule has 0 aliphatic carbocycles. The maximum Gasteiger partial charge on any atom is 0.315 e. The Morgan fingerprint density at radius 2 is 2.07 bits per heavy atom. The Balaban J connectivity index is 1.31. The average Bonchev–Trinajstić information content (AvgIpc) is 3.26. The molecule has 29 heavy (non-hydrogen) atoms. The molecule has 2 aromatic carbocycles. The van der Waals surface area contributed by atoms with Gasteiger partial charge < -0.3 is 20.1 Å². The van der Waals surface area contributed by atoms with Crippen LogP contribution in [0, 0.1) is 5.82 Å². The first kappa shape index (κ1) is 19.0. The molecule has 0 bridgehead atoms. The van der Waals surface area contributed by atoms with Gasteiger partial charge in [0.05, 0.1) is 12.0 Å². The van der Waals surface area contributed by atoms with Crippen LogP contribution in [0.5, 0.6) is 0 Å². The van der Waals surface area contributed by atoms with Crippen molar-refractivity contribution in [1.82, 2.24) is 20.2 Å². The molecule has 0 saturated heterocycles. The van der Waals surface area contributed by atoms with E-state index in [1.165, 1.54) is 17.3 Å². The Morgan fingerprint density at radius 1 is 1.21 bits per heavy atom. The van der Waals surface area contributed by atoms with Gasteiger partial charge in [0.25, 0.3) is 0 Å². The van der Waals surface area contributed by atoms with Gasteiger partial charge in [-0.15, -0.1) is 0 Å². The SMILES string of the molecule is CN1CCC(CNC(=O)NCc2ccc(-n3ccnc3)c(F)c2)c2ccccc21. The molecule has 1 aromatic heterocycles. The van der Waals surface area contributed by atoms with Crippen molar-refractivity contribution in [3.05, 3.63) is 78.1 Å². The molecule has 2 heterocycles. The van der Waals surface area contributed by atoms with Gasteiger partial charge in [0.1, 0.15) is 5.82 Å². The molecule has 1 aliphatic heterocycles. The number of carbonyl (C=O) groups is 1. The smallest absolute Gasteiger partial charge is 0.315 e. The summed E-state index contributed by atoms with van der Waals surface area (Å²) in [5.74, 6) is -0.0642. The highest BCUT2D eigenvalue weighted by Crippen LogP contribution is 2.33. The Morgan fingerprint density at radius 3 is 2.86 bits per heavy atom. The number of imidazole rings is 1. The van der Waals surface area contributed by atoms with Gasteiger partial charge in [-0.3, -0.25) is 0 Å². The predicted molar refractivity (Wildman–Crippen MR) is 111 cm³/mol. The number of halogens is 1. The zero-order valence-electron chi connectivity index (χ0n) is 16.3. The fraction of sp³-hybridized carbons (Fsp3) is 0.273. The summed E-state index contributed by atoms with van der Waals surface area (Å²) < 4.78 is 15.9. The Hall–Kier alpha value is -3.35. The van der Waals surface area contributed by atoms with Gasteiger partial charge in [-0.1, -0.05) is 24.3 Å². The zero-order valence-corrected chi connectivity index (χ0v) is 16.3. The molecular formula is C22H24FN5O. The van der Waals surface area contributed by atoms with Crippen molar-refractivity contribution >= 4 is 11.7 Å². The second-order valence-electron chi connectivity index (χ2n) is 7.29. The molecule has 0 saturated carbocycles. The van der Waals surface area contributed by atoms with Gasteiger partial charge >= 0.3 is 6.03 Å². The van der Waals surface area contributed by atoms with Crippen LogP contribution >= 0.6 is 0 Å². The number of para-hydroxylation sites is 1. The number of nitrogens with one attached hydrogen (secondary N) is 2. The summed E-state index contributed by atoms with van der Waals surface area (Å²) in [7, 11) is 2.09. The molecule has 2 N–H and O–H groups in total. The first-order valence-corrected chi connectivity index (χ1v) is 9.70. The second-order valence-corrected chi connectivity index (χ2v) is 7.29. The van der Waals surface area contributed by atoms with Crippen LogP contribution in [0.1, 0.15) is 23.5 Å². The Labute approximate surface area is 169 Å². The van der Waals surface area contributed by atoms with Crippen molar-refractivity contribution in [3.63, 3.8) is 0 Å². The molecule has 1 aliphatic rings. The Bertz CT molecular complexity index is 989. The summed E-state index contributed by atoms with van der Waals surface area (Å²) in [5, 5.41) is 5.76. The van der Waals surface area contributed by atoms with E-state index in [0.29, 0.717) is 23.7 Å². The maximum atomic E-state index is 14.3. The second kappa shape index (κ2) is 8.34. The normalized spacial score (nSPS) is 15.7. The molecule has 0 spiro atoms. The number of amides is 2. The Kier molecular flexibility index (Phi) is 5.46. The molecule has 7 heteroatoms. The monoisotopic (exact) mass is 393 g/mol. The van der Waals surface area contributed by atoms with Gasteiger partial charge in [0.15, 0.2) is 0 Å². The van der Waals surface area contributed by atoms with Gasteiger partial charge in [0.2, 0.25) is 0 Å². The molecule has 4 rings (SSSR count). The minimum absolute atomic E-state index is 0.250. The molecule has 1 atom stereocenters. The van der Waals surface area contributed by atoms with Crippen LogP contribution in [-0.2, 0) is 6.54 Å². The third-order valence-electron chi connectivity index (χ3n) is 5.36. The van der Waals surface area contributed by atoms with Gasteiger partial charge in [-0.25, -0.2) is 14.2 Å². The molecule has 3 aromatic rings. The van der Waals surface area contributed by atoms with E-state index in [9.17, 15) is 9.18 Å². The number of carbonyl (C=O) groups excluding carboxylic acids is 1. The molecule has 6 nitrogen and oxygen atoms in total. The number of rotatable bonds is 5. The summed E-state index contributed by atoms with van der Waals surface area (Å²) in [5.41, 5.74) is 3.61. The summed E-state index contributed by atoms with van der Waals surface area (Å²) in [6, 6.07) is 13.0. The van der Waals surface area contributed by atoms with Crippen LogP contribution in [0.15, 0.2) is 61.2 Å². The number of fused-ring (bicyclic) bond motifs is 1. The summed E-state index contributed by atoms with van der Waals surface area (Å²) >= 11 is 0. The van der Waals surface area contributed by atoms with E-state index in [2.05, 4.69) is 39.7 Å². The van der Waals surface area contributed by atoms with Crippen molar-refractivity contribution in [1.29, 1.82) is 0 Å². The first-order valence-electron chi connectivity index (χ1n) is 9.70. The lowest BCUT2D eigenvalue weighted by Gasteiger charge is -2.33. The van der Waals surface area contributed by atoms with E-state index in [1.807, 2.05) is 12.1 Å². The lowest BCUT2D eigenvalue weighted by atomic mass is 9.90. The van der Waals surface area contributed by atoms with Gasteiger partial charge in [-0.05, 0) is 35.7 Å². The van der Waals surface area contributed by atoms with Crippen molar-refractivity contribution in [2.24, 2.45) is 0 Å². The van der Waals surface area contributed by atoms with Crippen LogP contribution in [-0.4, -0.2) is 35.7 Å². The van der Waals surface area contributed by atoms with Crippen LogP contribution in [0.4, 0.5) is 14.9 Å². The number of hydrogen-bond donors (Lipinski definition) is 2. The van der Waals surface area contributed by atoms with Crippen molar-refractivity contribution in [2.45, 2.75) is 18.9 Å². The highest BCUT2D eigenvalue weighted by atomic mass is 19.1. The quantitative estimate of drug-likeness (QED) is 0.698. The highest BCUT2D eigenvalue weighted by molar-refractivity contribution is 5.74. The van der Waals surface area contributed by atoms with Crippen molar-refractivity contribution < 1.29 is 9.18 Å². The van der Waals surface area contributed by atoms with Crippen molar-refractivity contribution in [3.8, 4) is 5.69 Å². The fourth-order valence-electron chi connectivity index (χ4n) is 3.75. The van der Waals surface area contributed by atoms with E-state index < -0.39 is 0 Å². The number of hydrogen-bond acceptors (Lipinski definition) is 3. The maximum absolute atomic E-state index is 14.3. The molecule has 1 unspecified atom stereocenters. The zero-order chi connectivity index (χ0) is 20.2. The standard InChI is InChI=1S/C22H24FN5O/c1-27-10-8-17(18-4-2-3-5-20(18)27)14-26-22(29)25-13-16-6-7-21(19(23)12-16)28-11-9-24-15-28/h2-7,9,11-12,15,17H,8,10,13-14H2,1H3,(H2,25,26,29). The van der Waals surface area contributed by atoms with E-state index in [-0.39, 0.29) is 18.4 Å². The predicted octanol–water partition coefficient (Wildman–Crippen LogP) is 3.43. The first-order chi connectivity index (χ1) is 14.1. The summed E-state index contributed by atoms with van der Waals surface area (Å²) in [4.78, 5) is 18.4. The fourth-order valence-corrected chi connectivity index (χ4v) is 3.75. The number of nitrogens with zero attached hydrogens (tertiary/aromatic N) is 3. The number of benzene rings is 2. The van der Waals surface area contributed by atoms with Crippen LogP contribution in [0.25, 0.3) is 5.69 Å². The third kappa shape index (κ3) is 4.23. The highest BCUT2D eigenvalue weighted by Gasteiger charge is 2.23. The van der Waals surface area contributed by atoms with E-state index in [0.717, 1.165) is 13.0 Å². The lowest BCUT2D eigenvalue weighted by molar-refractivity contribution is 0.239. The molecule has 150 valence electrons. The van der Waals surface area contributed by atoms with E-state index in [4.69, 9.17) is 0 Å². The summed E-state index contributed by atoms with van der Waals surface area (Å²) in [6.45, 7) is 1.80. The summed E-state index contributed by atoms with van der Waals surface area (Å²) in [6.07, 6.45) is 5.83. The van der Waals surface area contributed by atoms with E-state index in [1.54, 1.807) is 35.4 Å². The largest absolute Gasteiger partial charge is 0.374 e. The van der Waals surface area contributed by atoms with Crippen molar-refractivity contribution in [2.75, 3.05) is 25.0 Å². The van der Waals surface area contributed by atoms with Gasteiger partial charge in [0, 0.05) is 50.7 Å². The van der Waals surface area contributed by atoms with Crippen LogP contribution < -0.4 is 15.5 Å². The molecule has 0 radical (unpaired) electrons. The minimum Gasteiger partial charge on any atom is -0.374 e. The number of urea groups is 1. The van der Waals surface area contributed by atoms with Gasteiger partial charge in [-0.2, -0.15) is 0 Å². The molecule has 0 fully saturated rings. The third-order valence-corrected chi connectivity index (χ3v) is 5.36. The van der Waals surface area contributed by atoms with E-state index >= 15 is 0 Å². The van der Waals surface area contributed by atoms with Crippen LogP contribution in [0.3, 0.4) is 0 Å². The number of anilines is 1. The van der Waals surface area contributed by atoms with Crippen LogP contribution in [0.2, 0.25) is 0 Å². The average molecular weight is 393 g/mol. The topological polar surface area (TPSA) is 62.2 Å². The number of aromatic nitrogens is 2. The lowest BCUT2D eigenvalue weighted by Crippen LogP contribution is -2.39. The minimum atomic E-state index is -0.356. The molecular weight excluding hydrogens is 369 g/mol. The molecule has 2 amide bonds.